The van der Waals surface area contributed by atoms with Crippen LogP contribution in [0, 0.1) is 12.7 Å². The van der Waals surface area contributed by atoms with Crippen molar-refractivity contribution in [2.45, 2.75) is 6.92 Å². The van der Waals surface area contributed by atoms with Crippen LogP contribution in [0.1, 0.15) is 26.3 Å². The van der Waals surface area contributed by atoms with E-state index >= 15 is 0 Å². The summed E-state index contributed by atoms with van der Waals surface area (Å²) in [5.74, 6) is -2.11. The van der Waals surface area contributed by atoms with Gasteiger partial charge in [-0.15, -0.1) is 0 Å². The second kappa shape index (κ2) is 5.75. The number of anilines is 1. The molecule has 0 atom stereocenters. The van der Waals surface area contributed by atoms with Crippen LogP contribution in [0.25, 0.3) is 0 Å². The van der Waals surface area contributed by atoms with Gasteiger partial charge in [-0.1, -0.05) is 6.07 Å². The minimum Gasteiger partial charge on any atom is -0.478 e. The number of carbonyl (C=O) groups is 2. The summed E-state index contributed by atoms with van der Waals surface area (Å²) in [6.45, 7) is 1.74. The third-order valence-corrected chi connectivity index (χ3v) is 3.16. The summed E-state index contributed by atoms with van der Waals surface area (Å²) < 4.78 is 13.8. The quantitative estimate of drug-likeness (QED) is 0.943. The lowest BCUT2D eigenvalue weighted by atomic mass is 10.1. The van der Waals surface area contributed by atoms with Gasteiger partial charge in [0, 0.05) is 12.7 Å². The zero-order valence-electron chi connectivity index (χ0n) is 11.6. The lowest BCUT2D eigenvalue weighted by Crippen LogP contribution is -2.27. The van der Waals surface area contributed by atoms with Crippen LogP contribution in [0.3, 0.4) is 0 Å². The van der Waals surface area contributed by atoms with Gasteiger partial charge in [-0.2, -0.15) is 0 Å². The van der Waals surface area contributed by atoms with Crippen molar-refractivity contribution < 1.29 is 19.1 Å². The SMILES string of the molecule is Cc1ccc(C(=O)N(C)c2ccc(C(=O)O)cc2)c(F)c1. The number of carboxylic acid groups (broad SMARTS) is 1. The number of hydrogen-bond acceptors (Lipinski definition) is 2. The summed E-state index contributed by atoms with van der Waals surface area (Å²) in [4.78, 5) is 24.3. The Balaban J connectivity index is 2.28. The first-order chi connectivity index (χ1) is 9.90. The molecule has 0 unspecified atom stereocenters. The Hall–Kier alpha value is -2.69. The lowest BCUT2D eigenvalue weighted by Gasteiger charge is -2.18. The van der Waals surface area contributed by atoms with Crippen molar-refractivity contribution in [3.8, 4) is 0 Å². The summed E-state index contributed by atoms with van der Waals surface area (Å²) in [5, 5.41) is 8.83. The normalized spacial score (nSPS) is 10.2. The van der Waals surface area contributed by atoms with E-state index in [1.165, 1.54) is 48.3 Å². The summed E-state index contributed by atoms with van der Waals surface area (Å²) in [6, 6.07) is 10.2. The molecule has 5 heteroatoms. The first-order valence-corrected chi connectivity index (χ1v) is 6.27. The van der Waals surface area contributed by atoms with Gasteiger partial charge in [0.15, 0.2) is 0 Å². The Morgan fingerprint density at radius 3 is 2.24 bits per heavy atom. The number of carbonyl (C=O) groups excluding carboxylic acids is 1. The molecule has 0 aromatic heterocycles. The van der Waals surface area contributed by atoms with Crippen LogP contribution >= 0.6 is 0 Å². The van der Waals surface area contributed by atoms with E-state index in [9.17, 15) is 14.0 Å². The van der Waals surface area contributed by atoms with Crippen molar-refractivity contribution in [1.29, 1.82) is 0 Å². The fourth-order valence-corrected chi connectivity index (χ4v) is 1.92. The first-order valence-electron chi connectivity index (χ1n) is 6.27. The lowest BCUT2D eigenvalue weighted by molar-refractivity contribution is 0.0696. The van der Waals surface area contributed by atoms with E-state index in [2.05, 4.69) is 0 Å². The van der Waals surface area contributed by atoms with Crippen LogP contribution in [-0.4, -0.2) is 24.0 Å². The first kappa shape index (κ1) is 14.7. The van der Waals surface area contributed by atoms with Gasteiger partial charge in [0.2, 0.25) is 0 Å². The van der Waals surface area contributed by atoms with Gasteiger partial charge in [-0.25, -0.2) is 9.18 Å². The predicted molar refractivity (Wildman–Crippen MR) is 77.3 cm³/mol. The number of rotatable bonds is 3. The van der Waals surface area contributed by atoms with Crippen LogP contribution in [-0.2, 0) is 0 Å². The third-order valence-electron chi connectivity index (χ3n) is 3.16. The fourth-order valence-electron chi connectivity index (χ4n) is 1.92. The van der Waals surface area contributed by atoms with Gasteiger partial charge in [0.25, 0.3) is 5.91 Å². The summed E-state index contributed by atoms with van der Waals surface area (Å²) in [7, 11) is 1.51. The van der Waals surface area contributed by atoms with Gasteiger partial charge in [0.05, 0.1) is 11.1 Å². The molecule has 0 radical (unpaired) electrons. The molecule has 2 aromatic rings. The Morgan fingerprint density at radius 2 is 1.71 bits per heavy atom. The Kier molecular flexibility index (Phi) is 4.03. The molecular weight excluding hydrogens is 273 g/mol. The van der Waals surface area contributed by atoms with Crippen LogP contribution < -0.4 is 4.90 Å². The van der Waals surface area contributed by atoms with Gasteiger partial charge in [0.1, 0.15) is 5.82 Å². The zero-order valence-corrected chi connectivity index (χ0v) is 11.6. The predicted octanol–water partition coefficient (Wildman–Crippen LogP) is 3.11. The maximum atomic E-state index is 13.8. The maximum absolute atomic E-state index is 13.8. The molecule has 2 rings (SSSR count). The van der Waals surface area contributed by atoms with E-state index in [-0.39, 0.29) is 11.1 Å². The minimum absolute atomic E-state index is 0.0228. The largest absolute Gasteiger partial charge is 0.478 e. The summed E-state index contributed by atoms with van der Waals surface area (Å²) >= 11 is 0. The topological polar surface area (TPSA) is 57.6 Å². The number of aromatic carboxylic acids is 1. The smallest absolute Gasteiger partial charge is 0.335 e. The highest BCUT2D eigenvalue weighted by atomic mass is 19.1. The molecule has 0 bridgehead atoms. The molecule has 0 saturated carbocycles. The number of carboxylic acids is 1. The van der Waals surface area contributed by atoms with Crippen LogP contribution in [0.4, 0.5) is 10.1 Å². The molecule has 1 amide bonds. The van der Waals surface area contributed by atoms with Crippen LogP contribution in [0.5, 0.6) is 0 Å². The van der Waals surface area contributed by atoms with Gasteiger partial charge in [-0.3, -0.25) is 4.79 Å². The van der Waals surface area contributed by atoms with E-state index in [0.29, 0.717) is 5.69 Å². The minimum atomic E-state index is -1.04. The molecule has 0 aliphatic carbocycles. The zero-order chi connectivity index (χ0) is 15.6. The van der Waals surface area contributed by atoms with Crippen molar-refractivity contribution >= 4 is 17.6 Å². The Morgan fingerprint density at radius 1 is 1.10 bits per heavy atom. The summed E-state index contributed by atoms with van der Waals surface area (Å²) in [5.41, 5.74) is 1.33. The fraction of sp³-hybridized carbons (Fsp3) is 0.125. The van der Waals surface area contributed by atoms with Crippen molar-refractivity contribution in [3.63, 3.8) is 0 Å². The second-order valence-electron chi connectivity index (χ2n) is 4.70. The number of halogens is 1. The molecule has 0 aliphatic rings. The molecule has 4 nitrogen and oxygen atoms in total. The average molecular weight is 287 g/mol. The summed E-state index contributed by atoms with van der Waals surface area (Å²) in [6.07, 6.45) is 0. The van der Waals surface area contributed by atoms with Gasteiger partial charge < -0.3 is 10.0 Å². The molecule has 0 saturated heterocycles. The van der Waals surface area contributed by atoms with E-state index in [1.54, 1.807) is 13.0 Å². The molecule has 2 aromatic carbocycles. The number of amides is 1. The highest BCUT2D eigenvalue weighted by Gasteiger charge is 2.17. The van der Waals surface area contributed by atoms with Crippen molar-refractivity contribution in [1.82, 2.24) is 0 Å². The van der Waals surface area contributed by atoms with Crippen molar-refractivity contribution in [2.75, 3.05) is 11.9 Å². The van der Waals surface area contributed by atoms with E-state index in [4.69, 9.17) is 5.11 Å². The number of benzene rings is 2. The highest BCUT2D eigenvalue weighted by molar-refractivity contribution is 6.06. The molecule has 0 aliphatic heterocycles. The standard InChI is InChI=1S/C16H14FNO3/c1-10-3-8-13(14(17)9-10)15(19)18(2)12-6-4-11(5-7-12)16(20)21/h3-9H,1-2H3,(H,20,21). The number of aryl methyl sites for hydroxylation is 1. The molecule has 21 heavy (non-hydrogen) atoms. The second-order valence-corrected chi connectivity index (χ2v) is 4.70. The van der Waals surface area contributed by atoms with Gasteiger partial charge >= 0.3 is 5.97 Å². The Bertz CT molecular complexity index is 695. The monoisotopic (exact) mass is 287 g/mol. The number of hydrogen-bond donors (Lipinski definition) is 1. The molecule has 0 spiro atoms. The van der Waals surface area contributed by atoms with E-state index < -0.39 is 17.7 Å². The van der Waals surface area contributed by atoms with E-state index in [1.807, 2.05) is 0 Å². The Labute approximate surface area is 121 Å². The van der Waals surface area contributed by atoms with Gasteiger partial charge in [-0.05, 0) is 48.9 Å². The van der Waals surface area contributed by atoms with Crippen molar-refractivity contribution in [3.05, 3.63) is 65.0 Å². The molecule has 108 valence electrons. The molecular formula is C16H14FNO3. The number of nitrogens with zero attached hydrogens (tertiary/aromatic N) is 1. The third kappa shape index (κ3) is 3.08. The van der Waals surface area contributed by atoms with Crippen LogP contribution in [0.2, 0.25) is 0 Å². The van der Waals surface area contributed by atoms with E-state index in [0.717, 1.165) is 5.56 Å². The average Bonchev–Trinajstić information content (AvgIpc) is 2.46. The molecule has 1 N–H and O–H groups in total. The molecule has 0 heterocycles. The molecule has 0 fully saturated rings. The maximum Gasteiger partial charge on any atom is 0.335 e. The van der Waals surface area contributed by atoms with Crippen molar-refractivity contribution in [2.24, 2.45) is 0 Å². The van der Waals surface area contributed by atoms with Crippen LogP contribution in [0.15, 0.2) is 42.5 Å². The highest BCUT2D eigenvalue weighted by Crippen LogP contribution is 2.18.